The maximum atomic E-state index is 12.7. The zero-order valence-corrected chi connectivity index (χ0v) is 90.7. The van der Waals surface area contributed by atoms with Crippen LogP contribution < -0.4 is 0 Å². The fourth-order valence-electron chi connectivity index (χ4n) is 21.7. The molecule has 0 aromatic rings. The smallest absolute Gasteiger partial charge is 0.333 e. The van der Waals surface area contributed by atoms with Gasteiger partial charge in [0.1, 0.15) is 70.7 Å². The number of esters is 12. The third kappa shape index (κ3) is 25.7. The van der Waals surface area contributed by atoms with E-state index < -0.39 is 136 Å². The normalized spacial score (nSPS) is 34.2. The minimum atomic E-state index is -3.52. The SMILES string of the molecule is C=C(C)C(=O)OCCCC(=O)OC1C2CC3C(=O)N(C(C)(C)C)C1C3S2.C=C(C)C(=O)OCCCC(=O)OC1C2CC3C(=O)N(C(C)(C)C)C1C3S2.C=C(C)C(=O)OCCCC(=O)OC1C2CC3C(S2)C1OS3(=O)=O.C=C(C)C(=O)OCCCC(=O)OC1C2CC3C(S2)C1OS3(=O)=O.C=CC(=O)OCCCC(=O)OC1C2CC3C(=O)N(C(C)(C)C)C1C3S2.C=CC(=O)OCCCC(=O)OC1C2CC3C(S2)C1OS3(=O)=O. The van der Waals surface area contributed by atoms with Crippen LogP contribution in [-0.4, -0.2) is 337 Å². The maximum Gasteiger partial charge on any atom is 0.333 e. The molecule has 0 spiro atoms. The average molecular weight is 2200 g/mol. The van der Waals surface area contributed by atoms with Gasteiger partial charge in [-0.25, -0.2) is 28.8 Å². The first kappa shape index (κ1) is 114. The minimum Gasteiger partial charge on any atom is -0.463 e. The monoisotopic (exact) mass is 2200 g/mol. The van der Waals surface area contributed by atoms with Crippen molar-refractivity contribution in [3.63, 3.8) is 0 Å². The Labute approximate surface area is 870 Å². The van der Waals surface area contributed by atoms with Gasteiger partial charge in [-0.05, 0) is 167 Å². The Hall–Kier alpha value is -7.68. The van der Waals surface area contributed by atoms with E-state index >= 15 is 0 Å². The summed E-state index contributed by atoms with van der Waals surface area (Å²) in [6, 6.07) is -0.0771. The molecule has 30 atom stereocenters. The van der Waals surface area contributed by atoms with E-state index in [1.807, 2.05) is 77.0 Å². The summed E-state index contributed by atoms with van der Waals surface area (Å²) in [5.74, 6) is -4.24. The lowest BCUT2D eigenvalue weighted by molar-refractivity contribution is -0.155. The largest absolute Gasteiger partial charge is 0.463 e. The number of likely N-dealkylation sites (tertiary alicyclic amines) is 3. The summed E-state index contributed by atoms with van der Waals surface area (Å²) in [5.41, 5.74) is 0.453. The van der Waals surface area contributed by atoms with Crippen LogP contribution in [0.3, 0.4) is 0 Å². The fraction of sp³-hybridized carbons (Fsp3) is 0.722. The van der Waals surface area contributed by atoms with E-state index in [0.29, 0.717) is 80.1 Å². The topological polar surface area (TPSA) is 507 Å². The molecule has 0 radical (unpaired) electrons. The van der Waals surface area contributed by atoms with E-state index in [4.69, 9.17) is 69.4 Å². The number of carbonyl (C=O) groups is 15. The molecule has 145 heavy (non-hydrogen) atoms. The molecule has 18 aliphatic rings. The highest BCUT2D eigenvalue weighted by atomic mass is 32.2. The zero-order valence-electron chi connectivity index (χ0n) is 83.4. The van der Waals surface area contributed by atoms with Gasteiger partial charge in [0.15, 0.2) is 0 Å². The van der Waals surface area contributed by atoms with E-state index in [1.54, 1.807) is 63.0 Å². The summed E-state index contributed by atoms with van der Waals surface area (Å²) in [5, 5.41) is -0.467. The number of hydrogen-bond acceptors (Lipinski definition) is 42. The van der Waals surface area contributed by atoms with Crippen LogP contribution in [0.4, 0.5) is 0 Å². The second kappa shape index (κ2) is 46.7. The average Bonchev–Trinajstić information content (AvgIpc) is 1.57. The van der Waals surface area contributed by atoms with Gasteiger partial charge in [0.05, 0.1) is 91.3 Å². The number of carbonyl (C=O) groups excluding carboxylic acids is 15. The summed E-state index contributed by atoms with van der Waals surface area (Å²) in [6.07, 6.45) is 5.25. The number of nitrogens with zero attached hydrogens (tertiary/aromatic N) is 3. The number of thioether (sulfide) groups is 6. The molecule has 12 bridgehead atoms. The summed E-state index contributed by atoms with van der Waals surface area (Å²) in [4.78, 5) is 183. The highest BCUT2D eigenvalue weighted by Crippen LogP contribution is 2.63. The van der Waals surface area contributed by atoms with Crippen LogP contribution in [0.2, 0.25) is 0 Å². The van der Waals surface area contributed by atoms with E-state index in [0.717, 1.165) is 31.4 Å². The van der Waals surface area contributed by atoms with Crippen LogP contribution in [-0.2, 0) is 172 Å². The van der Waals surface area contributed by atoms with Gasteiger partial charge >= 0.3 is 71.6 Å². The predicted molar refractivity (Wildman–Crippen MR) is 533 cm³/mol. The highest BCUT2D eigenvalue weighted by molar-refractivity contribution is 8.04. The van der Waals surface area contributed by atoms with Crippen molar-refractivity contribution in [2.45, 2.75) is 374 Å². The van der Waals surface area contributed by atoms with Crippen molar-refractivity contribution >= 4 is 190 Å². The Bertz CT molecular complexity index is 5240. The van der Waals surface area contributed by atoms with Crippen LogP contribution in [0.5, 0.6) is 0 Å². The molecule has 18 heterocycles. The van der Waals surface area contributed by atoms with Crippen molar-refractivity contribution in [3.8, 4) is 0 Å². The third-order valence-corrected chi connectivity index (χ3v) is 43.8. The number of ether oxygens (including phenoxy) is 12. The summed E-state index contributed by atoms with van der Waals surface area (Å²) in [7, 11) is -10.5. The van der Waals surface area contributed by atoms with Crippen molar-refractivity contribution in [1.29, 1.82) is 0 Å². The number of fused-ring (bicyclic) bond motifs is 6. The van der Waals surface area contributed by atoms with Gasteiger partial charge in [-0.15, -0.1) is 70.6 Å². The zero-order chi connectivity index (χ0) is 106. The molecule has 18 rings (SSSR count). The Morgan fingerprint density at radius 2 is 0.510 bits per heavy atom. The maximum absolute atomic E-state index is 12.7. The molecule has 804 valence electrons. The lowest BCUT2D eigenvalue weighted by Crippen LogP contribution is -2.53. The van der Waals surface area contributed by atoms with Gasteiger partial charge in [0, 0.05) is 137 Å². The molecule has 3 amide bonds. The van der Waals surface area contributed by atoms with Crippen LogP contribution in [0.15, 0.2) is 73.9 Å². The standard InChI is InChI=1S/2C19H27NO5S.C18H25NO5S.2C14H18O7S2.C13H16O7S2/c2*1-10(2)18(23)24-8-6-7-13(21)25-15-12-9-11-16(26-12)14(15)20(17(11)22)19(3,4)5;1-5-12(20)23-8-6-7-13(21)24-15-11-9-10-16(25-11)14(15)19(17(10)22)18(2,3)4;2*1-7(2)14(16)19-5-3-4-10(15)20-11-8-6-9-13(22-8)12(11)21-23(9,17)18;1-2-9(14)18-5-3-4-10(15)19-11-7-6-8-13(21-7)12(11)20-22(8,16)17/h2*11-12,14-16H,1,6-9H2,2-5H3;5,10-11,14-16H,1,6-9H2,2-4H3;2*8-9,11-13H,1,3-6H2,2H3;2,7-8,11-13H,1,3-6H2. The number of hydrogen-bond donors (Lipinski definition) is 0. The van der Waals surface area contributed by atoms with Crippen LogP contribution in [0.1, 0.15) is 206 Å². The van der Waals surface area contributed by atoms with E-state index in [2.05, 4.69) is 39.5 Å². The van der Waals surface area contributed by atoms with Crippen molar-refractivity contribution in [2.75, 3.05) is 39.6 Å². The first-order valence-corrected chi connectivity index (χ1v) is 58.8. The second-order valence-electron chi connectivity index (χ2n) is 41.7. The van der Waals surface area contributed by atoms with Gasteiger partial charge < -0.3 is 71.5 Å². The summed E-state index contributed by atoms with van der Waals surface area (Å²) < 4.78 is 149. The Balaban J connectivity index is 0.000000146. The van der Waals surface area contributed by atoms with E-state index in [-0.39, 0.29) is 248 Å². The predicted octanol–water partition coefficient (Wildman–Crippen LogP) is 8.50. The molecule has 48 heteroatoms. The highest BCUT2D eigenvalue weighted by Gasteiger charge is 2.73. The van der Waals surface area contributed by atoms with Crippen molar-refractivity contribution in [2.24, 2.45) is 17.8 Å². The molecule has 0 aromatic carbocycles. The van der Waals surface area contributed by atoms with Crippen LogP contribution in [0, 0.1) is 17.8 Å². The van der Waals surface area contributed by atoms with Crippen LogP contribution >= 0.6 is 70.6 Å². The summed E-state index contributed by atoms with van der Waals surface area (Å²) in [6.45, 7) is 45.9. The molecule has 18 saturated heterocycles. The summed E-state index contributed by atoms with van der Waals surface area (Å²) >= 11 is 10.0. The molecule has 18 fully saturated rings. The molecule has 39 nitrogen and oxygen atoms in total. The van der Waals surface area contributed by atoms with Gasteiger partial charge in [-0.1, -0.05) is 39.5 Å². The lowest BCUT2D eigenvalue weighted by Gasteiger charge is -2.39. The molecule has 0 saturated carbocycles. The van der Waals surface area contributed by atoms with Gasteiger partial charge in [-0.2, -0.15) is 25.3 Å². The third-order valence-electron chi connectivity index (χ3n) is 27.8. The fourth-order valence-corrected chi connectivity index (χ4v) is 39.9. The molecule has 0 N–H and O–H groups in total. The van der Waals surface area contributed by atoms with Crippen molar-refractivity contribution in [1.82, 2.24) is 14.7 Å². The van der Waals surface area contributed by atoms with Crippen molar-refractivity contribution in [3.05, 3.63) is 73.9 Å². The number of amides is 3. The van der Waals surface area contributed by atoms with E-state index in [1.165, 1.54) is 35.3 Å². The van der Waals surface area contributed by atoms with Gasteiger partial charge in [-0.3, -0.25) is 55.7 Å². The molecule has 18 aliphatic heterocycles. The first-order valence-electron chi connectivity index (χ1n) is 48.7. The Morgan fingerprint density at radius 1 is 0.317 bits per heavy atom. The Morgan fingerprint density at radius 3 is 0.710 bits per heavy atom. The van der Waals surface area contributed by atoms with E-state index in [9.17, 15) is 97.2 Å². The molecular formula is C97H131N3O36S9. The molecule has 0 aromatic heterocycles. The Kier molecular flexibility index (Phi) is 36.8. The van der Waals surface area contributed by atoms with Gasteiger partial charge in [0.25, 0.3) is 30.4 Å². The molecule has 0 aliphatic carbocycles. The molecule has 30 unspecified atom stereocenters. The second-order valence-corrected chi connectivity index (χ2v) is 55.6. The first-order chi connectivity index (χ1) is 68.0. The van der Waals surface area contributed by atoms with Crippen molar-refractivity contribution < 1.29 is 167 Å². The van der Waals surface area contributed by atoms with Crippen LogP contribution in [0.25, 0.3) is 0 Å². The van der Waals surface area contributed by atoms with Gasteiger partial charge in [0.2, 0.25) is 17.7 Å². The quantitative estimate of drug-likeness (QED) is 0.0186. The molecular weight excluding hydrogens is 2070 g/mol. The minimum absolute atomic E-state index is 0.0141. The number of rotatable bonds is 36. The lowest BCUT2D eigenvalue weighted by atomic mass is 9.87.